The molecule has 0 fully saturated rings. The monoisotopic (exact) mass is 313 g/mol. The highest BCUT2D eigenvalue weighted by Gasteiger charge is 2.14. The summed E-state index contributed by atoms with van der Waals surface area (Å²) < 4.78 is 22.3. The SMILES string of the molecule is CC(C)CC(CN)CC(=O)Nc1ccc(S(N)(=O)=O)cc1. The number of benzene rings is 1. The van der Waals surface area contributed by atoms with Gasteiger partial charge in [0, 0.05) is 12.1 Å². The quantitative estimate of drug-likeness (QED) is 0.703. The number of sulfonamides is 1. The molecule has 7 heteroatoms. The van der Waals surface area contributed by atoms with Gasteiger partial charge >= 0.3 is 0 Å². The van der Waals surface area contributed by atoms with Gasteiger partial charge in [-0.15, -0.1) is 0 Å². The zero-order valence-electron chi connectivity index (χ0n) is 12.4. The number of nitrogens with two attached hydrogens (primary N) is 2. The Labute approximate surface area is 126 Å². The predicted molar refractivity (Wildman–Crippen MR) is 83.1 cm³/mol. The first-order valence-corrected chi connectivity index (χ1v) is 8.39. The Kier molecular flexibility index (Phi) is 6.32. The van der Waals surface area contributed by atoms with Gasteiger partial charge in [0.1, 0.15) is 0 Å². The molecule has 0 saturated heterocycles. The fourth-order valence-electron chi connectivity index (χ4n) is 2.13. The van der Waals surface area contributed by atoms with Gasteiger partial charge < -0.3 is 11.1 Å². The van der Waals surface area contributed by atoms with Crippen molar-refractivity contribution in [1.29, 1.82) is 0 Å². The lowest BCUT2D eigenvalue weighted by atomic mass is 9.94. The van der Waals surface area contributed by atoms with Gasteiger partial charge in [-0.3, -0.25) is 4.79 Å². The summed E-state index contributed by atoms with van der Waals surface area (Å²) in [6, 6.07) is 5.74. The highest BCUT2D eigenvalue weighted by Crippen LogP contribution is 2.17. The molecule has 0 bridgehead atoms. The summed E-state index contributed by atoms with van der Waals surface area (Å²) in [5.41, 5.74) is 6.20. The normalized spacial score (nSPS) is 13.2. The molecule has 6 nitrogen and oxygen atoms in total. The summed E-state index contributed by atoms with van der Waals surface area (Å²) >= 11 is 0. The molecule has 118 valence electrons. The van der Waals surface area contributed by atoms with Crippen molar-refractivity contribution in [2.45, 2.75) is 31.6 Å². The highest BCUT2D eigenvalue weighted by molar-refractivity contribution is 7.89. The van der Waals surface area contributed by atoms with Gasteiger partial charge in [0.05, 0.1) is 4.90 Å². The molecule has 1 rings (SSSR count). The second kappa shape index (κ2) is 7.53. The number of rotatable bonds is 7. The maximum Gasteiger partial charge on any atom is 0.238 e. The van der Waals surface area contributed by atoms with E-state index in [2.05, 4.69) is 19.2 Å². The molecule has 1 atom stereocenters. The minimum Gasteiger partial charge on any atom is -0.330 e. The molecule has 1 amide bonds. The van der Waals surface area contributed by atoms with E-state index < -0.39 is 10.0 Å². The van der Waals surface area contributed by atoms with Crippen LogP contribution in [0.5, 0.6) is 0 Å². The number of primary sulfonamides is 1. The van der Waals surface area contributed by atoms with Gasteiger partial charge in [0.2, 0.25) is 15.9 Å². The third-order valence-corrected chi connectivity index (χ3v) is 4.01. The Bertz CT molecular complexity index is 568. The van der Waals surface area contributed by atoms with Gasteiger partial charge in [0.15, 0.2) is 0 Å². The van der Waals surface area contributed by atoms with Gasteiger partial charge in [-0.2, -0.15) is 0 Å². The maximum absolute atomic E-state index is 11.9. The number of carbonyl (C=O) groups excluding carboxylic acids is 1. The average Bonchev–Trinajstić information content (AvgIpc) is 2.36. The fourth-order valence-corrected chi connectivity index (χ4v) is 2.65. The summed E-state index contributed by atoms with van der Waals surface area (Å²) in [6.07, 6.45) is 1.25. The first-order chi connectivity index (χ1) is 9.72. The predicted octanol–water partition coefficient (Wildman–Crippen LogP) is 1.28. The summed E-state index contributed by atoms with van der Waals surface area (Å²) in [5, 5.41) is 7.74. The zero-order valence-corrected chi connectivity index (χ0v) is 13.2. The molecule has 0 saturated carbocycles. The van der Waals surface area contributed by atoms with Crippen molar-refractivity contribution in [1.82, 2.24) is 0 Å². The molecule has 0 aliphatic rings. The fraction of sp³-hybridized carbons (Fsp3) is 0.500. The molecular weight excluding hydrogens is 290 g/mol. The van der Waals surface area contributed by atoms with E-state index in [1.807, 2.05) is 0 Å². The van der Waals surface area contributed by atoms with Gasteiger partial charge in [-0.25, -0.2) is 13.6 Å². The Hall–Kier alpha value is -1.44. The van der Waals surface area contributed by atoms with Gasteiger partial charge in [-0.1, -0.05) is 13.8 Å². The molecular formula is C14H23N3O3S. The summed E-state index contributed by atoms with van der Waals surface area (Å²) in [7, 11) is -3.71. The Morgan fingerprint density at radius 2 is 1.81 bits per heavy atom. The van der Waals surface area contributed by atoms with Crippen LogP contribution in [0.15, 0.2) is 29.2 Å². The molecule has 0 aliphatic carbocycles. The smallest absolute Gasteiger partial charge is 0.238 e. The van der Waals surface area contributed by atoms with Crippen LogP contribution >= 0.6 is 0 Å². The molecule has 0 aromatic heterocycles. The second-order valence-electron chi connectivity index (χ2n) is 5.55. The molecule has 1 aromatic carbocycles. The van der Waals surface area contributed by atoms with E-state index in [0.29, 0.717) is 24.6 Å². The zero-order chi connectivity index (χ0) is 16.0. The van der Waals surface area contributed by atoms with Crippen molar-refractivity contribution in [2.24, 2.45) is 22.7 Å². The molecule has 21 heavy (non-hydrogen) atoms. The van der Waals surface area contributed by atoms with Crippen LogP contribution in [0.3, 0.4) is 0 Å². The van der Waals surface area contributed by atoms with Crippen LogP contribution in [0.4, 0.5) is 5.69 Å². The summed E-state index contributed by atoms with van der Waals surface area (Å²) in [4.78, 5) is 11.9. The minimum atomic E-state index is -3.71. The van der Waals surface area contributed by atoms with E-state index >= 15 is 0 Å². The van der Waals surface area contributed by atoms with Crippen molar-refractivity contribution >= 4 is 21.6 Å². The molecule has 1 aromatic rings. The van der Waals surface area contributed by atoms with Crippen LogP contribution < -0.4 is 16.2 Å². The van der Waals surface area contributed by atoms with Crippen LogP contribution in [0.2, 0.25) is 0 Å². The number of anilines is 1. The highest BCUT2D eigenvalue weighted by atomic mass is 32.2. The average molecular weight is 313 g/mol. The molecule has 5 N–H and O–H groups in total. The van der Waals surface area contributed by atoms with Crippen LogP contribution in [0.1, 0.15) is 26.7 Å². The maximum atomic E-state index is 11.9. The van der Waals surface area contributed by atoms with Crippen LogP contribution in [-0.4, -0.2) is 20.9 Å². The van der Waals surface area contributed by atoms with Gasteiger partial charge in [0.25, 0.3) is 0 Å². The van der Waals surface area contributed by atoms with Crippen molar-refractivity contribution in [3.8, 4) is 0 Å². The third kappa shape index (κ3) is 6.24. The van der Waals surface area contributed by atoms with E-state index in [0.717, 1.165) is 6.42 Å². The molecule has 0 aliphatic heterocycles. The number of hydrogen-bond donors (Lipinski definition) is 3. The van der Waals surface area contributed by atoms with Crippen LogP contribution in [-0.2, 0) is 14.8 Å². The minimum absolute atomic E-state index is 0.0140. The van der Waals surface area contributed by atoms with E-state index in [9.17, 15) is 13.2 Å². The standard InChI is InChI=1S/C14H23N3O3S/c1-10(2)7-11(9-15)8-14(18)17-12-3-5-13(6-4-12)21(16,19)20/h3-6,10-11H,7-9,15H2,1-2H3,(H,17,18)(H2,16,19,20). The van der Waals surface area contributed by atoms with Crippen molar-refractivity contribution in [3.05, 3.63) is 24.3 Å². The van der Waals surface area contributed by atoms with E-state index in [1.165, 1.54) is 24.3 Å². The number of hydrogen-bond acceptors (Lipinski definition) is 4. The molecule has 1 unspecified atom stereocenters. The largest absolute Gasteiger partial charge is 0.330 e. The summed E-state index contributed by atoms with van der Waals surface area (Å²) in [5.74, 6) is 0.503. The first kappa shape index (κ1) is 17.6. The van der Waals surface area contributed by atoms with E-state index in [-0.39, 0.29) is 16.7 Å². The molecule has 0 spiro atoms. The number of amides is 1. The van der Waals surface area contributed by atoms with Crippen LogP contribution in [0.25, 0.3) is 0 Å². The molecule has 0 radical (unpaired) electrons. The van der Waals surface area contributed by atoms with Crippen molar-refractivity contribution < 1.29 is 13.2 Å². The summed E-state index contributed by atoms with van der Waals surface area (Å²) in [6.45, 7) is 4.65. The Morgan fingerprint density at radius 3 is 2.24 bits per heavy atom. The third-order valence-electron chi connectivity index (χ3n) is 3.08. The molecule has 0 heterocycles. The lowest BCUT2D eigenvalue weighted by Crippen LogP contribution is -2.23. The topological polar surface area (TPSA) is 115 Å². The lowest BCUT2D eigenvalue weighted by Gasteiger charge is -2.16. The van der Waals surface area contributed by atoms with Crippen LogP contribution in [0, 0.1) is 11.8 Å². The number of nitrogens with one attached hydrogen (secondary N) is 1. The number of carbonyl (C=O) groups is 1. The first-order valence-electron chi connectivity index (χ1n) is 6.85. The Balaban J connectivity index is 2.62. The van der Waals surface area contributed by atoms with Crippen molar-refractivity contribution in [2.75, 3.05) is 11.9 Å². The Morgan fingerprint density at radius 1 is 1.24 bits per heavy atom. The van der Waals surface area contributed by atoms with Gasteiger partial charge in [-0.05, 0) is 49.1 Å². The lowest BCUT2D eigenvalue weighted by molar-refractivity contribution is -0.117. The van der Waals surface area contributed by atoms with E-state index in [1.54, 1.807) is 0 Å². The van der Waals surface area contributed by atoms with Crippen molar-refractivity contribution in [3.63, 3.8) is 0 Å². The van der Waals surface area contributed by atoms with E-state index in [4.69, 9.17) is 10.9 Å². The second-order valence-corrected chi connectivity index (χ2v) is 7.11.